The predicted octanol–water partition coefficient (Wildman–Crippen LogP) is 1.50. The third-order valence-electron chi connectivity index (χ3n) is 1.75. The van der Waals surface area contributed by atoms with Crippen molar-refractivity contribution in [3.63, 3.8) is 0 Å². The third kappa shape index (κ3) is 5.53. The van der Waals surface area contributed by atoms with Gasteiger partial charge in [-0.15, -0.1) is 0 Å². The Labute approximate surface area is 84.1 Å². The molecule has 0 heterocycles. The van der Waals surface area contributed by atoms with E-state index in [-0.39, 0.29) is 5.91 Å². The molecule has 0 aliphatic carbocycles. The van der Waals surface area contributed by atoms with Gasteiger partial charge in [-0.25, -0.2) is 0 Å². The maximum Gasteiger partial charge on any atom is 0.223 e. The number of carbonyl (C=O) groups is 1. The molecule has 13 heavy (non-hydrogen) atoms. The molecule has 0 bridgehead atoms. The van der Waals surface area contributed by atoms with Crippen molar-refractivity contribution >= 4 is 17.7 Å². The zero-order valence-corrected chi connectivity index (χ0v) is 9.06. The van der Waals surface area contributed by atoms with E-state index in [2.05, 4.69) is 0 Å². The molecule has 0 aromatic heterocycles. The number of rotatable bonds is 6. The monoisotopic (exact) mass is 200 g/mol. The highest BCUT2D eigenvalue weighted by molar-refractivity contribution is 7.98. The van der Waals surface area contributed by atoms with E-state index in [1.807, 2.05) is 19.2 Å². The lowest BCUT2D eigenvalue weighted by Crippen LogP contribution is -2.31. The first-order valence-corrected chi connectivity index (χ1v) is 5.79. The summed E-state index contributed by atoms with van der Waals surface area (Å²) >= 11 is 1.67. The Hall–Kier alpha value is -0.690. The van der Waals surface area contributed by atoms with Crippen LogP contribution in [0.15, 0.2) is 0 Å². The van der Waals surface area contributed by atoms with E-state index in [1.165, 1.54) is 0 Å². The van der Waals surface area contributed by atoms with E-state index in [1.54, 1.807) is 16.7 Å². The molecule has 0 fully saturated rings. The van der Waals surface area contributed by atoms with Gasteiger partial charge in [0.2, 0.25) is 5.91 Å². The van der Waals surface area contributed by atoms with Crippen molar-refractivity contribution < 1.29 is 4.79 Å². The largest absolute Gasteiger partial charge is 0.342 e. The molecule has 4 heteroatoms. The molecule has 0 aromatic rings. The SMILES string of the molecule is CCN(CCC#N)C(=O)CCSC. The van der Waals surface area contributed by atoms with Gasteiger partial charge in [0.15, 0.2) is 0 Å². The van der Waals surface area contributed by atoms with E-state index in [9.17, 15) is 4.79 Å². The minimum absolute atomic E-state index is 0.159. The van der Waals surface area contributed by atoms with E-state index in [0.29, 0.717) is 25.9 Å². The molecule has 0 aliphatic heterocycles. The number of carbonyl (C=O) groups excluding carboxylic acids is 1. The van der Waals surface area contributed by atoms with Crippen LogP contribution in [0.5, 0.6) is 0 Å². The quantitative estimate of drug-likeness (QED) is 0.652. The first kappa shape index (κ1) is 12.3. The molecule has 0 radical (unpaired) electrons. The van der Waals surface area contributed by atoms with Crippen molar-refractivity contribution in [2.24, 2.45) is 0 Å². The molecule has 0 aromatic carbocycles. The van der Waals surface area contributed by atoms with Crippen molar-refractivity contribution in [3.8, 4) is 6.07 Å². The molecule has 0 spiro atoms. The van der Waals surface area contributed by atoms with Gasteiger partial charge in [0.05, 0.1) is 12.5 Å². The molecular weight excluding hydrogens is 184 g/mol. The fraction of sp³-hybridized carbons (Fsp3) is 0.778. The van der Waals surface area contributed by atoms with Crippen LogP contribution in [-0.2, 0) is 4.79 Å². The molecule has 0 aliphatic rings. The van der Waals surface area contributed by atoms with Crippen molar-refractivity contribution in [1.82, 2.24) is 4.90 Å². The smallest absolute Gasteiger partial charge is 0.223 e. The topological polar surface area (TPSA) is 44.1 Å². The molecule has 0 saturated heterocycles. The van der Waals surface area contributed by atoms with Crippen LogP contribution in [0.2, 0.25) is 0 Å². The number of thioether (sulfide) groups is 1. The second kappa shape index (κ2) is 7.93. The van der Waals surface area contributed by atoms with Gasteiger partial charge in [0.1, 0.15) is 0 Å². The summed E-state index contributed by atoms with van der Waals surface area (Å²) in [4.78, 5) is 13.2. The van der Waals surface area contributed by atoms with Gasteiger partial charge < -0.3 is 4.90 Å². The lowest BCUT2D eigenvalue weighted by Gasteiger charge is -2.18. The van der Waals surface area contributed by atoms with Crippen molar-refractivity contribution in [1.29, 1.82) is 5.26 Å². The molecule has 74 valence electrons. The predicted molar refractivity (Wildman–Crippen MR) is 55.5 cm³/mol. The van der Waals surface area contributed by atoms with Gasteiger partial charge in [-0.1, -0.05) is 0 Å². The summed E-state index contributed by atoms with van der Waals surface area (Å²) < 4.78 is 0. The van der Waals surface area contributed by atoms with Crippen LogP contribution in [0.3, 0.4) is 0 Å². The van der Waals surface area contributed by atoms with Gasteiger partial charge in [-0.2, -0.15) is 17.0 Å². The third-order valence-corrected chi connectivity index (χ3v) is 2.36. The molecule has 0 rings (SSSR count). The van der Waals surface area contributed by atoms with E-state index >= 15 is 0 Å². The Balaban J connectivity index is 3.79. The highest BCUT2D eigenvalue weighted by Crippen LogP contribution is 2.01. The normalized spacial score (nSPS) is 9.31. The lowest BCUT2D eigenvalue weighted by molar-refractivity contribution is -0.130. The van der Waals surface area contributed by atoms with Crippen LogP contribution in [0.1, 0.15) is 19.8 Å². The summed E-state index contributed by atoms with van der Waals surface area (Å²) in [6, 6.07) is 2.04. The van der Waals surface area contributed by atoms with Crippen LogP contribution in [0.4, 0.5) is 0 Å². The van der Waals surface area contributed by atoms with Crippen LogP contribution in [0.25, 0.3) is 0 Å². The summed E-state index contributed by atoms with van der Waals surface area (Å²) in [5.41, 5.74) is 0. The minimum Gasteiger partial charge on any atom is -0.342 e. The van der Waals surface area contributed by atoms with E-state index < -0.39 is 0 Å². The number of nitriles is 1. The zero-order valence-electron chi connectivity index (χ0n) is 8.25. The zero-order chi connectivity index (χ0) is 10.1. The lowest BCUT2D eigenvalue weighted by atomic mass is 10.3. The summed E-state index contributed by atoms with van der Waals surface area (Å²) in [6.45, 7) is 3.21. The summed E-state index contributed by atoms with van der Waals surface area (Å²) in [6.07, 6.45) is 3.00. The first-order chi connectivity index (χ1) is 6.26. The van der Waals surface area contributed by atoms with Gasteiger partial charge in [-0.05, 0) is 13.2 Å². The van der Waals surface area contributed by atoms with Crippen LogP contribution in [0, 0.1) is 11.3 Å². The Morgan fingerprint density at radius 3 is 2.77 bits per heavy atom. The maximum atomic E-state index is 11.4. The Kier molecular flexibility index (Phi) is 7.51. The second-order valence-corrected chi connectivity index (χ2v) is 3.61. The second-order valence-electron chi connectivity index (χ2n) is 2.62. The molecule has 0 N–H and O–H groups in total. The molecule has 0 saturated carbocycles. The fourth-order valence-corrected chi connectivity index (χ4v) is 1.37. The van der Waals surface area contributed by atoms with Crippen LogP contribution in [-0.4, -0.2) is 35.9 Å². The minimum atomic E-state index is 0.159. The van der Waals surface area contributed by atoms with Gasteiger partial charge in [0.25, 0.3) is 0 Å². The first-order valence-electron chi connectivity index (χ1n) is 4.39. The number of amides is 1. The Morgan fingerprint density at radius 1 is 1.62 bits per heavy atom. The molecular formula is C9H16N2OS. The van der Waals surface area contributed by atoms with Crippen molar-refractivity contribution in [3.05, 3.63) is 0 Å². The van der Waals surface area contributed by atoms with Gasteiger partial charge in [0, 0.05) is 25.3 Å². The highest BCUT2D eigenvalue weighted by Gasteiger charge is 2.09. The molecule has 0 unspecified atom stereocenters. The average molecular weight is 200 g/mol. The van der Waals surface area contributed by atoms with Gasteiger partial charge in [-0.3, -0.25) is 4.79 Å². The number of hydrogen-bond acceptors (Lipinski definition) is 3. The Bertz CT molecular complexity index is 189. The fourth-order valence-electron chi connectivity index (χ4n) is 0.992. The number of hydrogen-bond donors (Lipinski definition) is 0. The van der Waals surface area contributed by atoms with Gasteiger partial charge >= 0.3 is 0 Å². The standard InChI is InChI=1S/C9H16N2OS/c1-3-11(7-4-6-10)9(12)5-8-13-2/h3-5,7-8H2,1-2H3. The van der Waals surface area contributed by atoms with E-state index in [0.717, 1.165) is 5.75 Å². The molecule has 3 nitrogen and oxygen atoms in total. The maximum absolute atomic E-state index is 11.4. The van der Waals surface area contributed by atoms with E-state index in [4.69, 9.17) is 5.26 Å². The number of nitrogens with zero attached hydrogens (tertiary/aromatic N) is 2. The van der Waals surface area contributed by atoms with Crippen LogP contribution >= 0.6 is 11.8 Å². The highest BCUT2D eigenvalue weighted by atomic mass is 32.2. The summed E-state index contributed by atoms with van der Waals surface area (Å²) in [7, 11) is 0. The molecule has 0 atom stereocenters. The van der Waals surface area contributed by atoms with Crippen molar-refractivity contribution in [2.75, 3.05) is 25.1 Å². The van der Waals surface area contributed by atoms with Crippen molar-refractivity contribution in [2.45, 2.75) is 19.8 Å². The summed E-state index contributed by atoms with van der Waals surface area (Å²) in [5.74, 6) is 1.02. The Morgan fingerprint density at radius 2 is 2.31 bits per heavy atom. The average Bonchev–Trinajstić information content (AvgIpc) is 2.16. The van der Waals surface area contributed by atoms with Crippen LogP contribution < -0.4 is 0 Å². The summed E-state index contributed by atoms with van der Waals surface area (Å²) in [5, 5.41) is 8.38. The molecule has 1 amide bonds.